The number of nitrogens with one attached hydrogen (secondary N) is 1. The molecule has 3 rings (SSSR count). The van der Waals surface area contributed by atoms with E-state index in [9.17, 15) is 9.18 Å². The monoisotopic (exact) mass is 396 g/mol. The van der Waals surface area contributed by atoms with Crippen molar-refractivity contribution in [2.75, 3.05) is 19.5 Å². The number of amides is 1. The second-order valence-electron chi connectivity index (χ2n) is 6.28. The van der Waals surface area contributed by atoms with Crippen LogP contribution in [0, 0.1) is 12.9 Å². The predicted octanol–water partition coefficient (Wildman–Crippen LogP) is 3.78. The number of ether oxygens (including phenoxy) is 1. The van der Waals surface area contributed by atoms with E-state index in [2.05, 4.69) is 20.4 Å². The summed E-state index contributed by atoms with van der Waals surface area (Å²) in [6, 6.07) is 12.9. The molecule has 1 heterocycles. The number of aromatic nitrogens is 2. The third-order valence-corrected chi connectivity index (χ3v) is 4.38. The second-order valence-corrected chi connectivity index (χ2v) is 6.28. The Bertz CT molecular complexity index is 1060. The van der Waals surface area contributed by atoms with Crippen LogP contribution in [0.3, 0.4) is 0 Å². The van der Waals surface area contributed by atoms with Crippen molar-refractivity contribution < 1.29 is 18.8 Å². The SMILES string of the molecule is CON=Cc1ccc(-c2ccc(OC)cc2NC(=O)c2c(C)nn(C)c2F)cc1. The number of hydrogen-bond acceptors (Lipinski definition) is 5. The van der Waals surface area contributed by atoms with E-state index in [1.165, 1.54) is 21.3 Å². The maximum Gasteiger partial charge on any atom is 0.262 e. The van der Waals surface area contributed by atoms with E-state index in [4.69, 9.17) is 4.74 Å². The van der Waals surface area contributed by atoms with E-state index in [1.54, 1.807) is 25.3 Å². The standard InChI is InChI=1S/C21H21FN4O3/c1-13-19(20(22)26(2)25-13)21(27)24-18-11-16(28-3)9-10-17(18)15-7-5-14(6-8-15)12-23-29-4/h5-12H,1-4H3,(H,24,27). The van der Waals surface area contributed by atoms with Gasteiger partial charge in [0, 0.05) is 18.7 Å². The number of benzene rings is 2. The first kappa shape index (κ1) is 20.1. The highest BCUT2D eigenvalue weighted by Gasteiger charge is 2.21. The summed E-state index contributed by atoms with van der Waals surface area (Å²) >= 11 is 0. The first-order chi connectivity index (χ1) is 13.9. The Kier molecular flexibility index (Phi) is 5.92. The molecule has 3 aromatic rings. The van der Waals surface area contributed by atoms with Gasteiger partial charge in [0.15, 0.2) is 0 Å². The molecular weight excluding hydrogens is 375 g/mol. The summed E-state index contributed by atoms with van der Waals surface area (Å²) < 4.78 is 20.6. The summed E-state index contributed by atoms with van der Waals surface area (Å²) in [6.07, 6.45) is 1.59. The first-order valence-electron chi connectivity index (χ1n) is 8.80. The van der Waals surface area contributed by atoms with E-state index in [0.29, 0.717) is 17.1 Å². The van der Waals surface area contributed by atoms with Crippen LogP contribution >= 0.6 is 0 Å². The van der Waals surface area contributed by atoms with Crippen molar-refractivity contribution in [1.82, 2.24) is 9.78 Å². The fourth-order valence-corrected chi connectivity index (χ4v) is 2.94. The third-order valence-electron chi connectivity index (χ3n) is 4.38. The topological polar surface area (TPSA) is 77.7 Å². The molecular formula is C21H21FN4O3. The minimum Gasteiger partial charge on any atom is -0.497 e. The van der Waals surface area contributed by atoms with Gasteiger partial charge in [-0.3, -0.25) is 4.79 Å². The van der Waals surface area contributed by atoms with Crippen LogP contribution in [0.2, 0.25) is 0 Å². The van der Waals surface area contributed by atoms with Gasteiger partial charge in [-0.05, 0) is 30.2 Å². The van der Waals surface area contributed by atoms with Crippen molar-refractivity contribution in [2.24, 2.45) is 12.2 Å². The molecule has 1 N–H and O–H groups in total. The lowest BCUT2D eigenvalue weighted by molar-refractivity contribution is 0.102. The molecule has 0 spiro atoms. The number of anilines is 1. The maximum absolute atomic E-state index is 14.3. The number of rotatable bonds is 6. The zero-order chi connectivity index (χ0) is 21.0. The number of oxime groups is 1. The molecule has 1 amide bonds. The zero-order valence-electron chi connectivity index (χ0n) is 16.6. The van der Waals surface area contributed by atoms with E-state index >= 15 is 0 Å². The molecule has 8 heteroatoms. The van der Waals surface area contributed by atoms with Gasteiger partial charge in [0.2, 0.25) is 5.95 Å². The van der Waals surface area contributed by atoms with Gasteiger partial charge in [-0.1, -0.05) is 29.4 Å². The molecule has 0 aliphatic heterocycles. The van der Waals surface area contributed by atoms with Crippen LogP contribution in [0.25, 0.3) is 11.1 Å². The highest BCUT2D eigenvalue weighted by molar-refractivity contribution is 6.07. The number of nitrogens with zero attached hydrogens (tertiary/aromatic N) is 3. The lowest BCUT2D eigenvalue weighted by Gasteiger charge is -2.13. The van der Waals surface area contributed by atoms with E-state index in [1.807, 2.05) is 30.3 Å². The van der Waals surface area contributed by atoms with Gasteiger partial charge in [0.1, 0.15) is 18.4 Å². The number of hydrogen-bond donors (Lipinski definition) is 1. The molecule has 0 saturated heterocycles. The normalized spacial score (nSPS) is 10.9. The average molecular weight is 396 g/mol. The molecule has 0 aliphatic carbocycles. The van der Waals surface area contributed by atoms with Crippen LogP contribution in [0.1, 0.15) is 21.6 Å². The highest BCUT2D eigenvalue weighted by atomic mass is 19.1. The molecule has 0 saturated carbocycles. The Hall–Kier alpha value is -3.68. The van der Waals surface area contributed by atoms with Crippen LogP contribution in [0.5, 0.6) is 5.75 Å². The fourth-order valence-electron chi connectivity index (χ4n) is 2.94. The number of aryl methyl sites for hydroxylation is 2. The van der Waals surface area contributed by atoms with Crippen LogP contribution in [-0.4, -0.2) is 36.1 Å². The molecule has 2 aromatic carbocycles. The first-order valence-corrected chi connectivity index (χ1v) is 8.80. The van der Waals surface area contributed by atoms with Gasteiger partial charge in [-0.25, -0.2) is 4.68 Å². The van der Waals surface area contributed by atoms with Gasteiger partial charge in [-0.15, -0.1) is 0 Å². The number of halogens is 1. The molecule has 0 fully saturated rings. The van der Waals surface area contributed by atoms with Crippen molar-refractivity contribution in [1.29, 1.82) is 0 Å². The van der Waals surface area contributed by atoms with Gasteiger partial charge in [0.05, 0.1) is 24.7 Å². The Morgan fingerprint density at radius 2 is 1.93 bits per heavy atom. The van der Waals surface area contributed by atoms with E-state index < -0.39 is 11.9 Å². The minimum absolute atomic E-state index is 0.0904. The Morgan fingerprint density at radius 1 is 1.21 bits per heavy atom. The summed E-state index contributed by atoms with van der Waals surface area (Å²) in [5.41, 5.74) is 3.21. The number of carbonyl (C=O) groups is 1. The molecule has 0 bridgehead atoms. The van der Waals surface area contributed by atoms with Crippen molar-refractivity contribution in [3.63, 3.8) is 0 Å². The van der Waals surface area contributed by atoms with E-state index in [0.717, 1.165) is 21.4 Å². The molecule has 0 unspecified atom stereocenters. The molecule has 29 heavy (non-hydrogen) atoms. The largest absolute Gasteiger partial charge is 0.497 e. The van der Waals surface area contributed by atoms with Gasteiger partial charge in [0.25, 0.3) is 5.91 Å². The van der Waals surface area contributed by atoms with Crippen molar-refractivity contribution >= 4 is 17.8 Å². The molecule has 7 nitrogen and oxygen atoms in total. The summed E-state index contributed by atoms with van der Waals surface area (Å²) in [5.74, 6) is -0.700. The summed E-state index contributed by atoms with van der Waals surface area (Å²) in [7, 11) is 4.46. The molecule has 0 radical (unpaired) electrons. The van der Waals surface area contributed by atoms with Gasteiger partial charge >= 0.3 is 0 Å². The number of methoxy groups -OCH3 is 1. The maximum atomic E-state index is 14.3. The Morgan fingerprint density at radius 3 is 2.52 bits per heavy atom. The lowest BCUT2D eigenvalue weighted by Crippen LogP contribution is -2.15. The lowest BCUT2D eigenvalue weighted by atomic mass is 10.0. The van der Waals surface area contributed by atoms with Crippen LogP contribution < -0.4 is 10.1 Å². The van der Waals surface area contributed by atoms with Crippen LogP contribution in [0.15, 0.2) is 47.6 Å². The zero-order valence-corrected chi connectivity index (χ0v) is 16.6. The smallest absolute Gasteiger partial charge is 0.262 e. The third kappa shape index (κ3) is 4.26. The summed E-state index contributed by atoms with van der Waals surface area (Å²) in [6.45, 7) is 1.59. The summed E-state index contributed by atoms with van der Waals surface area (Å²) in [5, 5.41) is 10.5. The van der Waals surface area contributed by atoms with Crippen molar-refractivity contribution in [3.8, 4) is 16.9 Å². The molecule has 0 aliphatic rings. The highest BCUT2D eigenvalue weighted by Crippen LogP contribution is 2.32. The van der Waals surface area contributed by atoms with Crippen LogP contribution in [-0.2, 0) is 11.9 Å². The second kappa shape index (κ2) is 8.55. The predicted molar refractivity (Wildman–Crippen MR) is 109 cm³/mol. The van der Waals surface area contributed by atoms with E-state index in [-0.39, 0.29) is 5.56 Å². The van der Waals surface area contributed by atoms with Crippen LogP contribution in [0.4, 0.5) is 10.1 Å². The average Bonchev–Trinajstić information content (AvgIpc) is 2.98. The van der Waals surface area contributed by atoms with Gasteiger partial charge in [-0.2, -0.15) is 9.49 Å². The number of carbonyl (C=O) groups excluding carboxylic acids is 1. The Balaban J connectivity index is 1.97. The van der Waals surface area contributed by atoms with Crippen molar-refractivity contribution in [2.45, 2.75) is 6.92 Å². The van der Waals surface area contributed by atoms with Crippen molar-refractivity contribution in [3.05, 3.63) is 65.2 Å². The molecule has 1 aromatic heterocycles. The molecule has 0 atom stereocenters. The minimum atomic E-state index is -0.689. The Labute approximate surface area is 167 Å². The fraction of sp³-hybridized carbons (Fsp3) is 0.190. The quantitative estimate of drug-likeness (QED) is 0.508. The molecule has 150 valence electrons. The van der Waals surface area contributed by atoms with Gasteiger partial charge < -0.3 is 14.9 Å². The summed E-state index contributed by atoms with van der Waals surface area (Å²) in [4.78, 5) is 17.4.